The largest absolute Gasteiger partial charge is 0.472 e. The first-order chi connectivity index (χ1) is 46.4. The van der Waals surface area contributed by atoms with E-state index in [2.05, 4.69) is 65.8 Å². The molecule has 0 saturated carbocycles. The van der Waals surface area contributed by atoms with Gasteiger partial charge in [0.2, 0.25) is 0 Å². The molecular formula is C77H146O17P2. The number of unbranched alkanes of at least 4 members (excludes halogenated alkanes) is 40. The molecule has 0 aliphatic rings. The lowest BCUT2D eigenvalue weighted by molar-refractivity contribution is -0.161. The van der Waals surface area contributed by atoms with Crippen LogP contribution in [-0.2, 0) is 65.4 Å². The predicted molar refractivity (Wildman–Crippen MR) is 391 cm³/mol. The van der Waals surface area contributed by atoms with Gasteiger partial charge in [0, 0.05) is 25.7 Å². The Kier molecular flexibility index (Phi) is 66.6. The molecule has 0 spiro atoms. The molecule has 0 saturated heterocycles. The van der Waals surface area contributed by atoms with Crippen molar-refractivity contribution in [2.45, 2.75) is 394 Å². The van der Waals surface area contributed by atoms with Gasteiger partial charge in [0.25, 0.3) is 0 Å². The number of allylic oxidation sites excluding steroid dienone is 4. The van der Waals surface area contributed by atoms with E-state index in [0.29, 0.717) is 25.7 Å². The number of aliphatic hydroxyl groups excluding tert-OH is 1. The summed E-state index contributed by atoms with van der Waals surface area (Å²) in [5, 5.41) is 10.6. The third-order valence-corrected chi connectivity index (χ3v) is 19.6. The van der Waals surface area contributed by atoms with Crippen molar-refractivity contribution in [3.8, 4) is 0 Å². The summed E-state index contributed by atoms with van der Waals surface area (Å²) in [7, 11) is -9.92. The number of aliphatic hydroxyl groups is 1. The van der Waals surface area contributed by atoms with Gasteiger partial charge in [-0.1, -0.05) is 323 Å². The minimum Gasteiger partial charge on any atom is -0.462 e. The highest BCUT2D eigenvalue weighted by atomic mass is 31.2. The summed E-state index contributed by atoms with van der Waals surface area (Å²) in [6.07, 6.45) is 58.9. The lowest BCUT2D eigenvalue weighted by atomic mass is 9.99. The maximum Gasteiger partial charge on any atom is 0.472 e. The van der Waals surface area contributed by atoms with Crippen molar-refractivity contribution < 1.29 is 80.2 Å². The molecular weight excluding hydrogens is 1260 g/mol. The second kappa shape index (κ2) is 68.3. The fourth-order valence-corrected chi connectivity index (χ4v) is 12.8. The summed E-state index contributed by atoms with van der Waals surface area (Å²) in [6, 6.07) is 0. The number of ether oxygens (including phenoxy) is 4. The molecule has 0 radical (unpaired) electrons. The van der Waals surface area contributed by atoms with Crippen LogP contribution in [0.4, 0.5) is 0 Å². The summed E-state index contributed by atoms with van der Waals surface area (Å²) >= 11 is 0. The summed E-state index contributed by atoms with van der Waals surface area (Å²) in [6.45, 7) is 9.56. The van der Waals surface area contributed by atoms with Crippen LogP contribution in [-0.4, -0.2) is 96.7 Å². The molecule has 3 N–H and O–H groups in total. The van der Waals surface area contributed by atoms with Gasteiger partial charge in [-0.05, 0) is 63.2 Å². The highest BCUT2D eigenvalue weighted by Gasteiger charge is 2.30. The lowest BCUT2D eigenvalue weighted by Gasteiger charge is -2.21. The highest BCUT2D eigenvalue weighted by molar-refractivity contribution is 7.47. The molecule has 0 fully saturated rings. The Balaban J connectivity index is 5.29. The minimum atomic E-state index is -4.97. The Morgan fingerprint density at radius 3 is 0.938 bits per heavy atom. The number of phosphoric ester groups is 2. The summed E-state index contributed by atoms with van der Waals surface area (Å²) < 4.78 is 68.5. The van der Waals surface area contributed by atoms with Crippen LogP contribution in [0, 0.1) is 11.8 Å². The smallest absolute Gasteiger partial charge is 0.462 e. The highest BCUT2D eigenvalue weighted by Crippen LogP contribution is 2.45. The molecule has 3 unspecified atom stereocenters. The van der Waals surface area contributed by atoms with Gasteiger partial charge in [-0.3, -0.25) is 37.3 Å². The Morgan fingerprint density at radius 2 is 0.615 bits per heavy atom. The molecule has 0 heterocycles. The zero-order valence-electron chi connectivity index (χ0n) is 62.2. The van der Waals surface area contributed by atoms with E-state index in [4.69, 9.17) is 37.0 Å². The van der Waals surface area contributed by atoms with Crippen molar-refractivity contribution in [2.75, 3.05) is 39.6 Å². The number of carbonyl (C=O) groups is 4. The SMILES string of the molecule is CCCCCC/C=C\C=C/CCCCCCCC(=O)OC[C@H](COP(=O)(O)OC[C@@H](O)COP(=O)(O)OC[C@@H](COC(=O)CCCCCCCCCCCCC)OC(=O)CCCCCCCCCCCC(C)C)OC(=O)CCCCCCCCCCCCCCCCC(C)CC. The predicted octanol–water partition coefficient (Wildman–Crippen LogP) is 22.3. The molecule has 0 rings (SSSR count). The van der Waals surface area contributed by atoms with Crippen LogP contribution in [0.1, 0.15) is 375 Å². The second-order valence-corrected chi connectivity index (χ2v) is 30.7. The number of hydrogen-bond acceptors (Lipinski definition) is 15. The van der Waals surface area contributed by atoms with E-state index in [1.807, 2.05) is 0 Å². The van der Waals surface area contributed by atoms with Crippen LogP contribution < -0.4 is 0 Å². The second-order valence-electron chi connectivity index (χ2n) is 27.8. The van der Waals surface area contributed by atoms with Gasteiger partial charge in [-0.15, -0.1) is 0 Å². The topological polar surface area (TPSA) is 237 Å². The molecule has 19 heteroatoms. The van der Waals surface area contributed by atoms with Crippen LogP contribution in [0.5, 0.6) is 0 Å². The van der Waals surface area contributed by atoms with Crippen LogP contribution in [0.2, 0.25) is 0 Å². The van der Waals surface area contributed by atoms with E-state index in [1.54, 1.807) is 0 Å². The van der Waals surface area contributed by atoms with Gasteiger partial charge in [0.1, 0.15) is 19.3 Å². The van der Waals surface area contributed by atoms with Gasteiger partial charge in [-0.25, -0.2) is 9.13 Å². The van der Waals surface area contributed by atoms with Crippen LogP contribution in [0.3, 0.4) is 0 Å². The number of hydrogen-bond donors (Lipinski definition) is 3. The number of phosphoric acid groups is 2. The maximum absolute atomic E-state index is 13.1. The zero-order chi connectivity index (χ0) is 70.7. The van der Waals surface area contributed by atoms with E-state index >= 15 is 0 Å². The number of carbonyl (C=O) groups excluding carboxylic acids is 4. The van der Waals surface area contributed by atoms with E-state index in [1.165, 1.54) is 173 Å². The van der Waals surface area contributed by atoms with E-state index in [-0.39, 0.29) is 25.7 Å². The summed E-state index contributed by atoms with van der Waals surface area (Å²) in [4.78, 5) is 72.8. The average Bonchev–Trinajstić information content (AvgIpc) is 1.27. The Labute approximate surface area is 586 Å². The quantitative estimate of drug-likeness (QED) is 0.0169. The molecule has 0 aromatic rings. The maximum atomic E-state index is 13.1. The fraction of sp³-hybridized carbons (Fsp3) is 0.896. The first-order valence-electron chi connectivity index (χ1n) is 39.3. The van der Waals surface area contributed by atoms with Crippen molar-refractivity contribution in [1.29, 1.82) is 0 Å². The monoisotopic (exact) mass is 1410 g/mol. The van der Waals surface area contributed by atoms with Crippen molar-refractivity contribution in [3.05, 3.63) is 24.3 Å². The molecule has 566 valence electrons. The molecule has 0 aromatic carbocycles. The van der Waals surface area contributed by atoms with Crippen LogP contribution >= 0.6 is 15.6 Å². The van der Waals surface area contributed by atoms with Crippen molar-refractivity contribution in [3.63, 3.8) is 0 Å². The van der Waals surface area contributed by atoms with Gasteiger partial charge >= 0.3 is 39.5 Å². The molecule has 0 bridgehead atoms. The van der Waals surface area contributed by atoms with Gasteiger partial charge in [0.05, 0.1) is 26.4 Å². The zero-order valence-corrected chi connectivity index (χ0v) is 63.9. The Bertz CT molecular complexity index is 1950. The molecule has 0 aliphatic carbocycles. The van der Waals surface area contributed by atoms with E-state index in [0.717, 1.165) is 121 Å². The van der Waals surface area contributed by atoms with Crippen molar-refractivity contribution in [2.24, 2.45) is 11.8 Å². The number of esters is 4. The Hall–Kier alpha value is -2.46. The van der Waals surface area contributed by atoms with Gasteiger partial charge in [0.15, 0.2) is 12.2 Å². The first-order valence-corrected chi connectivity index (χ1v) is 42.3. The molecule has 0 aliphatic heterocycles. The normalized spacial score (nSPS) is 14.4. The first kappa shape index (κ1) is 93.5. The summed E-state index contributed by atoms with van der Waals surface area (Å²) in [5.74, 6) is -0.566. The molecule has 6 atom stereocenters. The van der Waals surface area contributed by atoms with Crippen LogP contribution in [0.15, 0.2) is 24.3 Å². The van der Waals surface area contributed by atoms with Gasteiger partial charge < -0.3 is 33.8 Å². The molecule has 0 aromatic heterocycles. The fourth-order valence-electron chi connectivity index (χ4n) is 11.3. The average molecular weight is 1410 g/mol. The van der Waals surface area contributed by atoms with Gasteiger partial charge in [-0.2, -0.15) is 0 Å². The third-order valence-electron chi connectivity index (χ3n) is 17.7. The van der Waals surface area contributed by atoms with Crippen molar-refractivity contribution >= 4 is 39.5 Å². The minimum absolute atomic E-state index is 0.101. The lowest BCUT2D eigenvalue weighted by Crippen LogP contribution is -2.30. The standard InChI is InChI=1S/C77H146O17P2/c1-7-10-12-14-16-18-20-21-22-26-30-36-42-48-54-60-75(80)88-65-72(93-76(81)61-55-49-43-37-31-27-24-23-25-29-34-40-46-52-58-70(6)9-3)67-91-95(83,84)89-63-71(78)64-90-96(85,86)92-68-73(66-87-74(79)59-53-47-41-35-28-19-17-15-13-11-8-2)94-77(82)62-56-50-44-38-32-33-39-45-51-57-69(4)5/h18,20-22,69-73,78H,7-17,19,23-68H2,1-6H3,(H,83,84)(H,85,86)/b20-18-,22-21-/t70?,71-,72-,73-/m1/s1. The Morgan fingerprint density at radius 1 is 0.344 bits per heavy atom. The van der Waals surface area contributed by atoms with E-state index in [9.17, 15) is 43.2 Å². The third kappa shape index (κ3) is 68.7. The molecule has 17 nitrogen and oxygen atoms in total. The number of rotatable bonds is 74. The summed E-state index contributed by atoms with van der Waals surface area (Å²) in [5.41, 5.74) is 0. The molecule has 0 amide bonds. The molecule has 96 heavy (non-hydrogen) atoms. The van der Waals surface area contributed by atoms with Crippen molar-refractivity contribution in [1.82, 2.24) is 0 Å². The van der Waals surface area contributed by atoms with Crippen LogP contribution in [0.25, 0.3) is 0 Å². The van der Waals surface area contributed by atoms with E-state index < -0.39 is 97.5 Å².